The second-order valence-corrected chi connectivity index (χ2v) is 7.86. The van der Waals surface area contributed by atoms with Crippen molar-refractivity contribution in [3.05, 3.63) is 30.3 Å². The maximum atomic E-state index is 4.34. The predicted molar refractivity (Wildman–Crippen MR) is 101 cm³/mol. The van der Waals surface area contributed by atoms with E-state index in [9.17, 15) is 0 Å². The number of thioether (sulfide) groups is 1. The summed E-state index contributed by atoms with van der Waals surface area (Å²) in [7, 11) is 4.05. The zero-order valence-electron chi connectivity index (χ0n) is 14.6. The van der Waals surface area contributed by atoms with E-state index in [0.717, 1.165) is 25.0 Å². The van der Waals surface area contributed by atoms with Gasteiger partial charge >= 0.3 is 0 Å². The molecule has 0 saturated carbocycles. The minimum absolute atomic E-state index is 0.497. The maximum Gasteiger partial charge on any atom is 0.191 e. The fourth-order valence-corrected chi connectivity index (χ4v) is 3.86. The van der Waals surface area contributed by atoms with Gasteiger partial charge in [0.05, 0.1) is 0 Å². The number of nitrogens with one attached hydrogen (secondary N) is 2. The summed E-state index contributed by atoms with van der Waals surface area (Å²) in [5.41, 5.74) is 0. The second kappa shape index (κ2) is 9.83. The van der Waals surface area contributed by atoms with Gasteiger partial charge in [-0.3, -0.25) is 4.99 Å². The summed E-state index contributed by atoms with van der Waals surface area (Å²) >= 11 is 1.89. The molecule has 128 valence electrons. The number of rotatable bonds is 6. The Morgan fingerprint density at radius 3 is 2.83 bits per heavy atom. The number of guanidine groups is 1. The Bertz CT molecular complexity index is 477. The van der Waals surface area contributed by atoms with Crippen molar-refractivity contribution in [2.75, 3.05) is 40.3 Å². The van der Waals surface area contributed by atoms with Crippen molar-refractivity contribution in [2.45, 2.75) is 29.9 Å². The quantitative estimate of drug-likeness (QED) is 0.477. The number of aliphatic imine (C=N–C) groups is 1. The van der Waals surface area contributed by atoms with E-state index in [1.807, 2.05) is 18.8 Å². The summed E-state index contributed by atoms with van der Waals surface area (Å²) in [6, 6.07) is 10.6. The largest absolute Gasteiger partial charge is 0.356 e. The van der Waals surface area contributed by atoms with Crippen LogP contribution in [0.25, 0.3) is 0 Å². The van der Waals surface area contributed by atoms with Gasteiger partial charge in [-0.2, -0.15) is 0 Å². The first-order valence-electron chi connectivity index (χ1n) is 8.52. The summed E-state index contributed by atoms with van der Waals surface area (Å²) in [4.78, 5) is 8.08. The molecule has 1 heterocycles. The highest BCUT2D eigenvalue weighted by Gasteiger charge is 2.17. The van der Waals surface area contributed by atoms with Gasteiger partial charge in [-0.25, -0.2) is 0 Å². The van der Waals surface area contributed by atoms with Gasteiger partial charge in [-0.05, 0) is 44.5 Å². The molecule has 2 unspecified atom stereocenters. The highest BCUT2D eigenvalue weighted by Crippen LogP contribution is 2.21. The van der Waals surface area contributed by atoms with Crippen LogP contribution in [0.2, 0.25) is 0 Å². The van der Waals surface area contributed by atoms with Gasteiger partial charge in [0.15, 0.2) is 5.96 Å². The second-order valence-electron chi connectivity index (χ2n) is 6.35. The molecule has 0 spiro atoms. The van der Waals surface area contributed by atoms with Crippen molar-refractivity contribution < 1.29 is 0 Å². The Morgan fingerprint density at radius 2 is 2.13 bits per heavy atom. The van der Waals surface area contributed by atoms with E-state index in [2.05, 4.69) is 64.8 Å². The number of benzene rings is 1. The molecule has 1 saturated heterocycles. The summed E-state index contributed by atoms with van der Waals surface area (Å²) in [5.74, 6) is 1.64. The van der Waals surface area contributed by atoms with E-state index in [-0.39, 0.29) is 0 Å². The average Bonchev–Trinajstić information content (AvgIpc) is 2.56. The fourth-order valence-electron chi connectivity index (χ4n) is 2.91. The third kappa shape index (κ3) is 6.83. The van der Waals surface area contributed by atoms with Gasteiger partial charge in [0, 0.05) is 36.8 Å². The fraction of sp³-hybridized carbons (Fsp3) is 0.611. The maximum absolute atomic E-state index is 4.34. The van der Waals surface area contributed by atoms with Crippen LogP contribution in [0.4, 0.5) is 0 Å². The van der Waals surface area contributed by atoms with Gasteiger partial charge in [-0.1, -0.05) is 25.1 Å². The van der Waals surface area contributed by atoms with Crippen molar-refractivity contribution in [3.63, 3.8) is 0 Å². The minimum atomic E-state index is 0.497. The first-order valence-corrected chi connectivity index (χ1v) is 9.40. The molecular formula is C18H30N4S. The molecule has 0 radical (unpaired) electrons. The van der Waals surface area contributed by atoms with Gasteiger partial charge in [0.25, 0.3) is 0 Å². The summed E-state index contributed by atoms with van der Waals surface area (Å²) < 4.78 is 0. The molecule has 2 N–H and O–H groups in total. The molecular weight excluding hydrogens is 304 g/mol. The minimum Gasteiger partial charge on any atom is -0.356 e. The van der Waals surface area contributed by atoms with Crippen molar-refractivity contribution >= 4 is 17.7 Å². The molecule has 1 aromatic rings. The molecule has 2 rings (SSSR count). The lowest BCUT2D eigenvalue weighted by atomic mass is 9.99. The lowest BCUT2D eigenvalue weighted by Crippen LogP contribution is -2.44. The van der Waals surface area contributed by atoms with E-state index in [0.29, 0.717) is 5.25 Å². The van der Waals surface area contributed by atoms with Gasteiger partial charge in [0.2, 0.25) is 0 Å². The first-order chi connectivity index (χ1) is 11.2. The molecule has 0 aromatic heterocycles. The van der Waals surface area contributed by atoms with Crippen LogP contribution in [-0.2, 0) is 0 Å². The highest BCUT2D eigenvalue weighted by molar-refractivity contribution is 8.00. The van der Waals surface area contributed by atoms with Gasteiger partial charge in [0.1, 0.15) is 0 Å². The Hall–Kier alpha value is -1.20. The van der Waals surface area contributed by atoms with Gasteiger partial charge in [-0.15, -0.1) is 11.8 Å². The number of piperidine rings is 1. The lowest BCUT2D eigenvalue weighted by molar-refractivity contribution is 0.210. The molecule has 0 aliphatic carbocycles. The van der Waals surface area contributed by atoms with Crippen LogP contribution in [-0.4, -0.2) is 56.4 Å². The summed E-state index contributed by atoms with van der Waals surface area (Å²) in [5, 5.41) is 7.42. The van der Waals surface area contributed by atoms with Gasteiger partial charge < -0.3 is 15.5 Å². The molecule has 1 aliphatic rings. The van der Waals surface area contributed by atoms with Crippen molar-refractivity contribution in [1.82, 2.24) is 15.5 Å². The zero-order chi connectivity index (χ0) is 16.5. The Morgan fingerprint density at radius 1 is 1.35 bits per heavy atom. The van der Waals surface area contributed by atoms with Crippen molar-refractivity contribution in [1.29, 1.82) is 0 Å². The third-order valence-electron chi connectivity index (χ3n) is 4.14. The number of nitrogens with zero attached hydrogens (tertiary/aromatic N) is 2. The standard InChI is InChI=1S/C18H30N4S/c1-15(23-17-9-5-4-6-10-17)12-20-18(19-2)21-13-16-8-7-11-22(3)14-16/h4-6,9-10,15-16H,7-8,11-14H2,1-3H3,(H2,19,20,21). The van der Waals surface area contributed by atoms with Crippen molar-refractivity contribution in [3.8, 4) is 0 Å². The summed E-state index contributed by atoms with van der Waals surface area (Å²) in [6.45, 7) is 6.57. The smallest absolute Gasteiger partial charge is 0.191 e. The average molecular weight is 335 g/mol. The third-order valence-corrected chi connectivity index (χ3v) is 5.25. The SMILES string of the molecule is CN=C(NCC1CCCN(C)C1)NCC(C)Sc1ccccc1. The van der Waals surface area contributed by atoms with Crippen LogP contribution in [0.5, 0.6) is 0 Å². The topological polar surface area (TPSA) is 39.7 Å². The van der Waals surface area contributed by atoms with Crippen molar-refractivity contribution in [2.24, 2.45) is 10.9 Å². The van der Waals surface area contributed by atoms with Crippen LogP contribution >= 0.6 is 11.8 Å². The molecule has 23 heavy (non-hydrogen) atoms. The molecule has 4 nitrogen and oxygen atoms in total. The summed E-state index contributed by atoms with van der Waals surface area (Å²) in [6.07, 6.45) is 2.62. The Balaban J connectivity index is 1.68. The molecule has 0 bridgehead atoms. The van der Waals surface area contributed by atoms with E-state index in [4.69, 9.17) is 0 Å². The number of hydrogen-bond donors (Lipinski definition) is 2. The monoisotopic (exact) mass is 334 g/mol. The molecule has 1 fully saturated rings. The van der Waals surface area contributed by atoms with E-state index in [1.165, 1.54) is 30.8 Å². The normalized spacial score (nSPS) is 21.0. The van der Waals surface area contributed by atoms with E-state index >= 15 is 0 Å². The zero-order valence-corrected chi connectivity index (χ0v) is 15.4. The van der Waals surface area contributed by atoms with E-state index < -0.39 is 0 Å². The number of likely N-dealkylation sites (tertiary alicyclic amines) is 1. The number of hydrogen-bond acceptors (Lipinski definition) is 3. The van der Waals surface area contributed by atoms with Crippen LogP contribution in [0.3, 0.4) is 0 Å². The Kier molecular flexibility index (Phi) is 7.76. The molecule has 2 atom stereocenters. The molecule has 1 aliphatic heterocycles. The van der Waals surface area contributed by atoms with Crippen LogP contribution in [0, 0.1) is 5.92 Å². The van der Waals surface area contributed by atoms with E-state index in [1.54, 1.807) is 0 Å². The highest BCUT2D eigenvalue weighted by atomic mass is 32.2. The predicted octanol–water partition coefficient (Wildman–Crippen LogP) is 2.67. The Labute approximate surface area is 145 Å². The molecule has 0 amide bonds. The first kappa shape index (κ1) is 18.1. The van der Waals surface area contributed by atoms with Crippen LogP contribution in [0.1, 0.15) is 19.8 Å². The molecule has 5 heteroatoms. The lowest BCUT2D eigenvalue weighted by Gasteiger charge is -2.30. The van der Waals surface area contributed by atoms with Crippen LogP contribution in [0.15, 0.2) is 40.2 Å². The molecule has 1 aromatic carbocycles. The van der Waals surface area contributed by atoms with Crippen LogP contribution < -0.4 is 10.6 Å².